The minimum atomic E-state index is -0.168. The van der Waals surface area contributed by atoms with E-state index in [1.807, 2.05) is 27.5 Å². The van der Waals surface area contributed by atoms with Crippen molar-refractivity contribution in [3.05, 3.63) is 20.3 Å². The van der Waals surface area contributed by atoms with E-state index in [-0.39, 0.29) is 11.5 Å². The Morgan fingerprint density at radius 2 is 2.22 bits per heavy atom. The zero-order chi connectivity index (χ0) is 13.0. The molecule has 2 rings (SSSR count). The van der Waals surface area contributed by atoms with E-state index in [0.29, 0.717) is 22.4 Å². The average molecular weight is 362 g/mol. The maximum absolute atomic E-state index is 11.8. The number of anilines is 1. The Balaban J connectivity index is 1.83. The highest BCUT2D eigenvalue weighted by Crippen LogP contribution is 2.11. The van der Waals surface area contributed by atoms with Crippen LogP contribution in [0.2, 0.25) is 0 Å². The number of halogens is 1. The van der Waals surface area contributed by atoms with Gasteiger partial charge >= 0.3 is 0 Å². The van der Waals surface area contributed by atoms with Crippen molar-refractivity contribution < 1.29 is 4.79 Å². The fourth-order valence-corrected chi connectivity index (χ4v) is 2.40. The van der Waals surface area contributed by atoms with Crippen LogP contribution in [0.5, 0.6) is 0 Å². The first-order valence-electron chi connectivity index (χ1n) is 5.93. The standard InChI is InChI=1S/C11H15IN4O2/c12-9-10(14-7-15-11(9)18)13-4-3-8(17)16-5-1-2-6-16/h7H,1-6H2,(H2,13,14,15,18). The zero-order valence-electron chi connectivity index (χ0n) is 9.91. The summed E-state index contributed by atoms with van der Waals surface area (Å²) in [6.07, 6.45) is 4.00. The molecule has 7 heteroatoms. The lowest BCUT2D eigenvalue weighted by Gasteiger charge is -2.15. The van der Waals surface area contributed by atoms with E-state index in [0.717, 1.165) is 25.9 Å². The molecular formula is C11H15IN4O2. The molecular weight excluding hydrogens is 347 g/mol. The van der Waals surface area contributed by atoms with Crippen LogP contribution < -0.4 is 10.9 Å². The van der Waals surface area contributed by atoms with Crippen molar-refractivity contribution in [2.24, 2.45) is 0 Å². The Morgan fingerprint density at radius 1 is 1.50 bits per heavy atom. The molecule has 1 aliphatic rings. The van der Waals surface area contributed by atoms with Gasteiger partial charge < -0.3 is 15.2 Å². The van der Waals surface area contributed by atoms with Crippen LogP contribution in [0, 0.1) is 3.57 Å². The molecule has 1 fully saturated rings. The number of amides is 1. The molecule has 18 heavy (non-hydrogen) atoms. The summed E-state index contributed by atoms with van der Waals surface area (Å²) in [5.74, 6) is 0.702. The molecule has 1 aromatic rings. The number of nitrogens with zero attached hydrogens (tertiary/aromatic N) is 2. The fourth-order valence-electron chi connectivity index (χ4n) is 1.92. The van der Waals surface area contributed by atoms with E-state index in [1.54, 1.807) is 0 Å². The van der Waals surface area contributed by atoms with Crippen LogP contribution in [0.1, 0.15) is 19.3 Å². The van der Waals surface area contributed by atoms with Crippen LogP contribution in [0.4, 0.5) is 5.82 Å². The van der Waals surface area contributed by atoms with Crippen molar-refractivity contribution >= 4 is 34.3 Å². The lowest BCUT2D eigenvalue weighted by Crippen LogP contribution is -2.29. The van der Waals surface area contributed by atoms with Crippen LogP contribution in [0.25, 0.3) is 0 Å². The van der Waals surface area contributed by atoms with Crippen molar-refractivity contribution in [2.45, 2.75) is 19.3 Å². The SMILES string of the molecule is O=C(CCNc1nc[nH]c(=O)c1I)N1CCCC1. The van der Waals surface area contributed by atoms with Gasteiger partial charge in [-0.25, -0.2) is 4.98 Å². The lowest BCUT2D eigenvalue weighted by atomic mass is 10.3. The number of hydrogen-bond donors (Lipinski definition) is 2. The minimum Gasteiger partial charge on any atom is -0.368 e. The number of carbonyl (C=O) groups excluding carboxylic acids is 1. The summed E-state index contributed by atoms with van der Waals surface area (Å²) in [6, 6.07) is 0. The third kappa shape index (κ3) is 3.21. The first-order valence-corrected chi connectivity index (χ1v) is 7.01. The molecule has 0 aromatic carbocycles. The topological polar surface area (TPSA) is 78.1 Å². The highest BCUT2D eigenvalue weighted by atomic mass is 127. The van der Waals surface area contributed by atoms with Gasteiger partial charge in [0.1, 0.15) is 9.39 Å². The van der Waals surface area contributed by atoms with Crippen molar-refractivity contribution in [1.82, 2.24) is 14.9 Å². The van der Waals surface area contributed by atoms with E-state index < -0.39 is 0 Å². The number of aromatic amines is 1. The highest BCUT2D eigenvalue weighted by molar-refractivity contribution is 14.1. The molecule has 0 radical (unpaired) electrons. The summed E-state index contributed by atoms with van der Waals surface area (Å²) >= 11 is 1.94. The van der Waals surface area contributed by atoms with Gasteiger partial charge in [0.15, 0.2) is 0 Å². The molecule has 6 nitrogen and oxygen atoms in total. The summed E-state index contributed by atoms with van der Waals surface area (Å²) in [5.41, 5.74) is -0.168. The van der Waals surface area contributed by atoms with E-state index in [1.165, 1.54) is 6.33 Å². The molecule has 0 aliphatic carbocycles. The predicted octanol–water partition coefficient (Wildman–Crippen LogP) is 0.799. The molecule has 0 saturated carbocycles. The van der Waals surface area contributed by atoms with Gasteiger partial charge in [0.25, 0.3) is 5.56 Å². The second-order valence-electron chi connectivity index (χ2n) is 4.16. The maximum atomic E-state index is 11.8. The van der Waals surface area contributed by atoms with E-state index in [2.05, 4.69) is 15.3 Å². The first-order chi connectivity index (χ1) is 8.68. The predicted molar refractivity (Wildman–Crippen MR) is 76.5 cm³/mol. The molecule has 0 bridgehead atoms. The molecule has 1 amide bonds. The average Bonchev–Trinajstić information content (AvgIpc) is 2.88. The first kappa shape index (κ1) is 13.3. The highest BCUT2D eigenvalue weighted by Gasteiger charge is 2.17. The van der Waals surface area contributed by atoms with Crippen molar-refractivity contribution in [2.75, 3.05) is 25.0 Å². The van der Waals surface area contributed by atoms with Gasteiger partial charge in [-0.1, -0.05) is 0 Å². The molecule has 0 spiro atoms. The number of carbonyl (C=O) groups is 1. The summed E-state index contributed by atoms with van der Waals surface area (Å²) in [4.78, 5) is 31.5. The molecule has 1 saturated heterocycles. The van der Waals surface area contributed by atoms with Gasteiger partial charge in [0, 0.05) is 26.1 Å². The van der Waals surface area contributed by atoms with Gasteiger partial charge in [0.05, 0.1) is 6.33 Å². The van der Waals surface area contributed by atoms with Gasteiger partial charge in [-0.3, -0.25) is 9.59 Å². The summed E-state index contributed by atoms with van der Waals surface area (Å²) < 4.78 is 0.517. The van der Waals surface area contributed by atoms with Crippen LogP contribution in [0.15, 0.2) is 11.1 Å². The Kier molecular flexibility index (Phi) is 4.56. The summed E-state index contributed by atoms with van der Waals surface area (Å²) in [5, 5.41) is 3.02. The zero-order valence-corrected chi connectivity index (χ0v) is 12.1. The van der Waals surface area contributed by atoms with Crippen LogP contribution in [-0.4, -0.2) is 40.4 Å². The van der Waals surface area contributed by atoms with Crippen LogP contribution >= 0.6 is 22.6 Å². The number of likely N-dealkylation sites (tertiary alicyclic amines) is 1. The smallest absolute Gasteiger partial charge is 0.266 e. The summed E-state index contributed by atoms with van der Waals surface area (Å²) in [7, 11) is 0. The van der Waals surface area contributed by atoms with Crippen LogP contribution in [-0.2, 0) is 4.79 Å². The Hall–Kier alpha value is -1.12. The fraction of sp³-hybridized carbons (Fsp3) is 0.545. The number of H-pyrrole nitrogens is 1. The third-order valence-electron chi connectivity index (χ3n) is 2.89. The van der Waals surface area contributed by atoms with E-state index >= 15 is 0 Å². The molecule has 1 aliphatic heterocycles. The van der Waals surface area contributed by atoms with Gasteiger partial charge in [-0.2, -0.15) is 0 Å². The summed E-state index contributed by atoms with van der Waals surface area (Å²) in [6.45, 7) is 2.25. The van der Waals surface area contributed by atoms with Crippen molar-refractivity contribution in [3.8, 4) is 0 Å². The van der Waals surface area contributed by atoms with E-state index in [9.17, 15) is 9.59 Å². The van der Waals surface area contributed by atoms with Crippen LogP contribution in [0.3, 0.4) is 0 Å². The lowest BCUT2D eigenvalue weighted by molar-refractivity contribution is -0.129. The number of rotatable bonds is 4. The second-order valence-corrected chi connectivity index (χ2v) is 5.24. The molecule has 2 heterocycles. The molecule has 2 N–H and O–H groups in total. The quantitative estimate of drug-likeness (QED) is 0.777. The van der Waals surface area contributed by atoms with Gasteiger partial charge in [-0.05, 0) is 35.4 Å². The monoisotopic (exact) mass is 362 g/mol. The Morgan fingerprint density at radius 3 is 2.94 bits per heavy atom. The molecule has 1 aromatic heterocycles. The van der Waals surface area contributed by atoms with Gasteiger partial charge in [0.2, 0.25) is 5.91 Å². The molecule has 0 unspecified atom stereocenters. The number of aromatic nitrogens is 2. The van der Waals surface area contributed by atoms with Gasteiger partial charge in [-0.15, -0.1) is 0 Å². The molecule has 98 valence electrons. The van der Waals surface area contributed by atoms with Crippen molar-refractivity contribution in [1.29, 1.82) is 0 Å². The second kappa shape index (κ2) is 6.17. The largest absolute Gasteiger partial charge is 0.368 e. The maximum Gasteiger partial charge on any atom is 0.266 e. The molecule has 0 atom stereocenters. The Labute approximate surface area is 118 Å². The van der Waals surface area contributed by atoms with Crippen molar-refractivity contribution in [3.63, 3.8) is 0 Å². The normalized spacial score (nSPS) is 14.8. The number of nitrogens with one attached hydrogen (secondary N) is 2. The van der Waals surface area contributed by atoms with E-state index in [4.69, 9.17) is 0 Å². The third-order valence-corrected chi connectivity index (χ3v) is 3.89. The Bertz CT molecular complexity index is 482. The minimum absolute atomic E-state index is 0.167. The number of hydrogen-bond acceptors (Lipinski definition) is 4.